The molecule has 1 fully saturated rings. The lowest BCUT2D eigenvalue weighted by Gasteiger charge is -2.34. The normalized spacial score (nSPS) is 15.5. The molecule has 1 aliphatic heterocycles. The second-order valence-corrected chi connectivity index (χ2v) is 9.19. The number of amides is 1. The molecule has 148 valence electrons. The summed E-state index contributed by atoms with van der Waals surface area (Å²) in [6.45, 7) is 2.14. The highest BCUT2D eigenvalue weighted by atomic mass is 35.5. The van der Waals surface area contributed by atoms with Crippen molar-refractivity contribution in [2.45, 2.75) is 11.8 Å². The Kier molecular flexibility index (Phi) is 6.09. The predicted molar refractivity (Wildman–Crippen MR) is 108 cm³/mol. The van der Waals surface area contributed by atoms with E-state index in [-0.39, 0.29) is 42.8 Å². The highest BCUT2D eigenvalue weighted by molar-refractivity contribution is 7.89. The molecule has 0 atom stereocenters. The van der Waals surface area contributed by atoms with Crippen LogP contribution in [0.25, 0.3) is 0 Å². The van der Waals surface area contributed by atoms with Crippen LogP contribution in [-0.2, 0) is 10.0 Å². The summed E-state index contributed by atoms with van der Waals surface area (Å²) in [6, 6.07) is 10.6. The molecule has 1 heterocycles. The number of benzene rings is 2. The van der Waals surface area contributed by atoms with Crippen LogP contribution in [0.4, 0.5) is 0 Å². The summed E-state index contributed by atoms with van der Waals surface area (Å²) in [5, 5.41) is 0.699. The Hall–Kier alpha value is -1.93. The van der Waals surface area contributed by atoms with E-state index in [9.17, 15) is 18.0 Å². The number of Topliss-reactive ketones (excluding diaryl/α,β-unsaturated/α-hetero) is 1. The zero-order valence-corrected chi connectivity index (χ0v) is 17.4. The molecule has 0 saturated carbocycles. The lowest BCUT2D eigenvalue weighted by Crippen LogP contribution is -2.50. The number of rotatable bonds is 4. The second kappa shape index (κ2) is 8.21. The molecule has 0 spiro atoms. The first kappa shape index (κ1) is 20.8. The molecule has 0 N–H and O–H groups in total. The monoisotopic (exact) mass is 440 g/mol. The predicted octanol–water partition coefficient (Wildman–Crippen LogP) is 3.34. The van der Waals surface area contributed by atoms with E-state index in [4.69, 9.17) is 23.2 Å². The molecule has 9 heteroatoms. The molecule has 1 aliphatic rings. The summed E-state index contributed by atoms with van der Waals surface area (Å²) >= 11 is 12.0. The molecule has 3 rings (SSSR count). The molecular formula is C19H18Cl2N2O4S. The molecule has 0 unspecified atom stereocenters. The molecule has 1 amide bonds. The Bertz CT molecular complexity index is 1030. The van der Waals surface area contributed by atoms with Crippen LogP contribution in [0.15, 0.2) is 47.4 Å². The fourth-order valence-electron chi connectivity index (χ4n) is 2.99. The van der Waals surface area contributed by atoms with Crippen molar-refractivity contribution < 1.29 is 18.0 Å². The van der Waals surface area contributed by atoms with Crippen molar-refractivity contribution in [3.63, 3.8) is 0 Å². The number of piperazine rings is 1. The maximum absolute atomic E-state index is 12.9. The minimum Gasteiger partial charge on any atom is -0.336 e. The first-order chi connectivity index (χ1) is 13.2. The van der Waals surface area contributed by atoms with Gasteiger partial charge in [0.15, 0.2) is 5.78 Å². The number of carbonyl (C=O) groups excluding carboxylic acids is 2. The third kappa shape index (κ3) is 4.22. The van der Waals surface area contributed by atoms with Gasteiger partial charge in [-0.2, -0.15) is 4.31 Å². The minimum atomic E-state index is -3.75. The van der Waals surface area contributed by atoms with Crippen LogP contribution in [-0.4, -0.2) is 55.5 Å². The third-order valence-corrected chi connectivity index (χ3v) is 7.02. The van der Waals surface area contributed by atoms with Crippen molar-refractivity contribution in [2.24, 2.45) is 0 Å². The van der Waals surface area contributed by atoms with Crippen molar-refractivity contribution in [3.8, 4) is 0 Å². The molecule has 2 aromatic carbocycles. The minimum absolute atomic E-state index is 0.0675. The van der Waals surface area contributed by atoms with Gasteiger partial charge in [-0.25, -0.2) is 8.42 Å². The Labute approximate surface area is 173 Å². The Morgan fingerprint density at radius 2 is 1.64 bits per heavy atom. The van der Waals surface area contributed by atoms with Crippen molar-refractivity contribution >= 4 is 44.9 Å². The Morgan fingerprint density at radius 1 is 0.964 bits per heavy atom. The summed E-state index contributed by atoms with van der Waals surface area (Å²) in [5.74, 6) is -0.492. The van der Waals surface area contributed by atoms with Crippen molar-refractivity contribution in [1.29, 1.82) is 0 Å². The maximum Gasteiger partial charge on any atom is 0.255 e. The number of hydrogen-bond donors (Lipinski definition) is 0. The van der Waals surface area contributed by atoms with E-state index in [2.05, 4.69) is 0 Å². The molecule has 0 bridgehead atoms. The number of sulfonamides is 1. The molecule has 0 aromatic heterocycles. The van der Waals surface area contributed by atoms with Gasteiger partial charge in [-0.1, -0.05) is 35.3 Å². The van der Waals surface area contributed by atoms with Gasteiger partial charge < -0.3 is 4.90 Å². The largest absolute Gasteiger partial charge is 0.336 e. The summed E-state index contributed by atoms with van der Waals surface area (Å²) in [7, 11) is -3.75. The van der Waals surface area contributed by atoms with Gasteiger partial charge in [-0.15, -0.1) is 0 Å². The van der Waals surface area contributed by atoms with Crippen molar-refractivity contribution in [1.82, 2.24) is 9.21 Å². The molecule has 0 aliphatic carbocycles. The second-order valence-electron chi connectivity index (χ2n) is 6.40. The number of halogens is 2. The van der Waals surface area contributed by atoms with Gasteiger partial charge >= 0.3 is 0 Å². The Balaban J connectivity index is 1.74. The van der Waals surface area contributed by atoms with E-state index in [1.807, 2.05) is 0 Å². The van der Waals surface area contributed by atoms with Crippen LogP contribution < -0.4 is 0 Å². The molecule has 0 radical (unpaired) electrons. The summed E-state index contributed by atoms with van der Waals surface area (Å²) in [5.41, 5.74) is 0.630. The average Bonchev–Trinajstić information content (AvgIpc) is 2.69. The first-order valence-corrected chi connectivity index (χ1v) is 10.8. The lowest BCUT2D eigenvalue weighted by atomic mass is 10.2. The molecule has 1 saturated heterocycles. The fraction of sp³-hybridized carbons (Fsp3) is 0.263. The number of nitrogens with zero attached hydrogens (tertiary/aromatic N) is 2. The SMILES string of the molecule is CC(=O)c1cccc(S(=O)(=O)N2CCN(C(=O)c3cc(Cl)ccc3Cl)CC2)c1. The highest BCUT2D eigenvalue weighted by Gasteiger charge is 2.31. The highest BCUT2D eigenvalue weighted by Crippen LogP contribution is 2.24. The van der Waals surface area contributed by atoms with E-state index in [0.29, 0.717) is 21.2 Å². The topological polar surface area (TPSA) is 74.8 Å². The van der Waals surface area contributed by atoms with Crippen molar-refractivity contribution in [2.75, 3.05) is 26.2 Å². The van der Waals surface area contributed by atoms with Gasteiger partial charge in [0.1, 0.15) is 0 Å². The average molecular weight is 441 g/mol. The zero-order valence-electron chi connectivity index (χ0n) is 15.1. The van der Waals surface area contributed by atoms with Gasteiger partial charge in [0.2, 0.25) is 10.0 Å². The number of hydrogen-bond acceptors (Lipinski definition) is 4. The quantitative estimate of drug-likeness (QED) is 0.683. The van der Waals surface area contributed by atoms with Crippen LogP contribution >= 0.6 is 23.2 Å². The fourth-order valence-corrected chi connectivity index (χ4v) is 4.83. The van der Waals surface area contributed by atoms with Gasteiger partial charge in [-0.05, 0) is 37.3 Å². The van der Waals surface area contributed by atoms with Gasteiger partial charge in [0.25, 0.3) is 5.91 Å². The van der Waals surface area contributed by atoms with Gasteiger partial charge in [0, 0.05) is 36.8 Å². The maximum atomic E-state index is 12.9. The van der Waals surface area contributed by atoms with E-state index in [1.165, 1.54) is 29.4 Å². The molecule has 6 nitrogen and oxygen atoms in total. The number of carbonyl (C=O) groups is 2. The van der Waals surface area contributed by atoms with E-state index in [1.54, 1.807) is 29.2 Å². The van der Waals surface area contributed by atoms with Gasteiger partial charge in [0.05, 0.1) is 15.5 Å². The van der Waals surface area contributed by atoms with Crippen LogP contribution in [0.5, 0.6) is 0 Å². The smallest absolute Gasteiger partial charge is 0.255 e. The van der Waals surface area contributed by atoms with Crippen molar-refractivity contribution in [3.05, 3.63) is 63.6 Å². The van der Waals surface area contributed by atoms with Gasteiger partial charge in [-0.3, -0.25) is 9.59 Å². The van der Waals surface area contributed by atoms with Crippen LogP contribution in [0, 0.1) is 0 Å². The van der Waals surface area contributed by atoms with Crippen LogP contribution in [0.3, 0.4) is 0 Å². The van der Waals surface area contributed by atoms with Crippen LogP contribution in [0.1, 0.15) is 27.6 Å². The molecule has 2 aromatic rings. The summed E-state index contributed by atoms with van der Waals surface area (Å²) in [6.07, 6.45) is 0. The van der Waals surface area contributed by atoms with E-state index in [0.717, 1.165) is 0 Å². The Morgan fingerprint density at radius 3 is 2.29 bits per heavy atom. The van der Waals surface area contributed by atoms with E-state index < -0.39 is 10.0 Å². The molecule has 28 heavy (non-hydrogen) atoms. The summed E-state index contributed by atoms with van der Waals surface area (Å²) < 4.78 is 27.1. The van der Waals surface area contributed by atoms with E-state index >= 15 is 0 Å². The molecular weight excluding hydrogens is 423 g/mol. The third-order valence-electron chi connectivity index (χ3n) is 4.56. The summed E-state index contributed by atoms with van der Waals surface area (Å²) in [4.78, 5) is 25.8. The number of ketones is 1. The van der Waals surface area contributed by atoms with Crippen LogP contribution in [0.2, 0.25) is 10.0 Å². The standard InChI is InChI=1S/C19H18Cl2N2O4S/c1-13(24)14-3-2-4-16(11-14)28(26,27)23-9-7-22(8-10-23)19(25)17-12-15(20)5-6-18(17)21/h2-6,11-12H,7-10H2,1H3. The lowest BCUT2D eigenvalue weighted by molar-refractivity contribution is 0.0698. The first-order valence-electron chi connectivity index (χ1n) is 8.55. The zero-order chi connectivity index (χ0) is 20.5.